The molecule has 0 spiro atoms. The molecule has 6 nitrogen and oxygen atoms in total. The van der Waals surface area contributed by atoms with Crippen LogP contribution in [0.2, 0.25) is 0 Å². The second-order valence-corrected chi connectivity index (χ2v) is 4.28. The quantitative estimate of drug-likeness (QED) is 0.808. The van der Waals surface area contributed by atoms with Crippen LogP contribution in [0.1, 0.15) is 36.7 Å². The highest BCUT2D eigenvalue weighted by Gasteiger charge is 2.18. The fourth-order valence-corrected chi connectivity index (χ4v) is 1.98. The van der Waals surface area contributed by atoms with Gasteiger partial charge < -0.3 is 5.73 Å². The van der Waals surface area contributed by atoms with E-state index in [1.54, 1.807) is 10.9 Å². The Labute approximate surface area is 101 Å². The zero-order valence-electron chi connectivity index (χ0n) is 10.1. The number of rotatable bonds is 3. The molecule has 1 fully saturated rings. The number of nitrogens with one attached hydrogen (secondary N) is 1. The number of aryl methyl sites for hydroxylation is 1. The molecule has 0 bridgehead atoms. The van der Waals surface area contributed by atoms with E-state index in [2.05, 4.69) is 10.5 Å². The predicted octanol–water partition coefficient (Wildman–Crippen LogP) is 0.616. The van der Waals surface area contributed by atoms with E-state index in [0.717, 1.165) is 25.9 Å². The third-order valence-corrected chi connectivity index (χ3v) is 2.94. The molecule has 3 N–H and O–H groups in total. The number of anilines is 1. The monoisotopic (exact) mass is 237 g/mol. The van der Waals surface area contributed by atoms with Gasteiger partial charge in [-0.1, -0.05) is 6.42 Å². The molecule has 1 aliphatic rings. The van der Waals surface area contributed by atoms with Crippen LogP contribution >= 0.6 is 0 Å². The number of carbonyl (C=O) groups excluding carboxylic acids is 1. The van der Waals surface area contributed by atoms with Gasteiger partial charge in [0.25, 0.3) is 5.91 Å². The summed E-state index contributed by atoms with van der Waals surface area (Å²) in [6.45, 7) is 4.47. The fraction of sp³-hybridized carbons (Fsp3) is 0.636. The summed E-state index contributed by atoms with van der Waals surface area (Å²) in [5.41, 5.74) is 9.36. The van der Waals surface area contributed by atoms with Crippen molar-refractivity contribution in [3.8, 4) is 0 Å². The highest BCUT2D eigenvalue weighted by molar-refractivity contribution is 5.96. The average molecular weight is 237 g/mol. The Balaban J connectivity index is 2.00. The van der Waals surface area contributed by atoms with E-state index in [1.807, 2.05) is 11.9 Å². The van der Waals surface area contributed by atoms with Gasteiger partial charge in [-0.05, 0) is 19.8 Å². The van der Waals surface area contributed by atoms with Gasteiger partial charge in [-0.25, -0.2) is 5.01 Å². The van der Waals surface area contributed by atoms with Crippen LogP contribution < -0.4 is 11.2 Å². The lowest BCUT2D eigenvalue weighted by Crippen LogP contribution is -2.45. The Bertz CT molecular complexity index is 395. The molecule has 0 atom stereocenters. The first-order valence-electron chi connectivity index (χ1n) is 6.09. The van der Waals surface area contributed by atoms with E-state index in [0.29, 0.717) is 17.9 Å². The molecule has 1 aromatic rings. The summed E-state index contributed by atoms with van der Waals surface area (Å²) < 4.78 is 1.67. The van der Waals surface area contributed by atoms with E-state index in [4.69, 9.17) is 5.73 Å². The summed E-state index contributed by atoms with van der Waals surface area (Å²) in [6.07, 6.45) is 5.17. The van der Waals surface area contributed by atoms with Crippen LogP contribution in [0, 0.1) is 0 Å². The lowest BCUT2D eigenvalue weighted by Gasteiger charge is -2.26. The van der Waals surface area contributed by atoms with Crippen LogP contribution in [0.4, 0.5) is 5.69 Å². The Hall–Kier alpha value is -1.56. The summed E-state index contributed by atoms with van der Waals surface area (Å²) in [5.74, 6) is -0.211. The molecule has 0 unspecified atom stereocenters. The molecule has 2 heterocycles. The fourth-order valence-electron chi connectivity index (χ4n) is 1.98. The van der Waals surface area contributed by atoms with Crippen LogP contribution in [0.25, 0.3) is 0 Å². The zero-order valence-corrected chi connectivity index (χ0v) is 10.1. The van der Waals surface area contributed by atoms with E-state index in [1.165, 1.54) is 6.42 Å². The van der Waals surface area contributed by atoms with Crippen molar-refractivity contribution >= 4 is 11.6 Å². The lowest BCUT2D eigenvalue weighted by atomic mass is 10.2. The number of piperidine rings is 1. The van der Waals surface area contributed by atoms with Gasteiger partial charge >= 0.3 is 0 Å². The van der Waals surface area contributed by atoms with Gasteiger partial charge in [0.2, 0.25) is 0 Å². The van der Waals surface area contributed by atoms with Crippen LogP contribution in [-0.2, 0) is 6.54 Å². The minimum Gasteiger partial charge on any atom is -0.396 e. The third-order valence-electron chi connectivity index (χ3n) is 2.94. The minimum absolute atomic E-state index is 0.211. The van der Waals surface area contributed by atoms with Gasteiger partial charge in [-0.15, -0.1) is 0 Å². The van der Waals surface area contributed by atoms with Crippen molar-refractivity contribution in [3.63, 3.8) is 0 Å². The van der Waals surface area contributed by atoms with E-state index < -0.39 is 0 Å². The number of amides is 1. The van der Waals surface area contributed by atoms with Crippen LogP contribution in [0.3, 0.4) is 0 Å². The van der Waals surface area contributed by atoms with Crippen molar-refractivity contribution in [1.29, 1.82) is 0 Å². The van der Waals surface area contributed by atoms with Gasteiger partial charge in [0, 0.05) is 25.8 Å². The normalized spacial score (nSPS) is 17.0. The predicted molar refractivity (Wildman–Crippen MR) is 65.2 cm³/mol. The lowest BCUT2D eigenvalue weighted by molar-refractivity contribution is 0.0745. The Morgan fingerprint density at radius 2 is 2.18 bits per heavy atom. The largest absolute Gasteiger partial charge is 0.396 e. The number of nitrogens with zero attached hydrogens (tertiary/aromatic N) is 3. The maximum absolute atomic E-state index is 12.0. The molecular formula is C11H19N5O. The molecule has 1 aliphatic heterocycles. The van der Waals surface area contributed by atoms with Gasteiger partial charge in [0.05, 0.1) is 5.69 Å². The number of hydrazine groups is 1. The molecule has 0 saturated carbocycles. The molecule has 1 saturated heterocycles. The maximum atomic E-state index is 12.0. The molecule has 0 aromatic carbocycles. The Morgan fingerprint density at radius 3 is 2.76 bits per heavy atom. The molecule has 2 rings (SSSR count). The van der Waals surface area contributed by atoms with Crippen molar-refractivity contribution in [3.05, 3.63) is 11.9 Å². The summed E-state index contributed by atoms with van der Waals surface area (Å²) in [6, 6.07) is 0. The topological polar surface area (TPSA) is 76.2 Å². The van der Waals surface area contributed by atoms with E-state index in [9.17, 15) is 4.79 Å². The number of aromatic nitrogens is 2. The highest BCUT2D eigenvalue weighted by atomic mass is 16.2. The number of nitrogen functional groups attached to an aromatic ring is 1. The van der Waals surface area contributed by atoms with Gasteiger partial charge in [0.15, 0.2) is 5.69 Å². The smallest absolute Gasteiger partial charge is 0.288 e. The third kappa shape index (κ3) is 2.76. The van der Waals surface area contributed by atoms with Crippen molar-refractivity contribution < 1.29 is 4.79 Å². The first kappa shape index (κ1) is 11.9. The molecule has 6 heteroatoms. The maximum Gasteiger partial charge on any atom is 0.288 e. The van der Waals surface area contributed by atoms with Gasteiger partial charge in [-0.3, -0.25) is 14.9 Å². The summed E-state index contributed by atoms with van der Waals surface area (Å²) >= 11 is 0. The summed E-state index contributed by atoms with van der Waals surface area (Å²) in [4.78, 5) is 12.0. The molecule has 0 aliphatic carbocycles. The first-order valence-corrected chi connectivity index (χ1v) is 6.09. The number of hydrogen-bond donors (Lipinski definition) is 2. The molecule has 94 valence electrons. The summed E-state index contributed by atoms with van der Waals surface area (Å²) in [5, 5.41) is 6.09. The molecule has 1 amide bonds. The van der Waals surface area contributed by atoms with Crippen molar-refractivity contribution in [2.75, 3.05) is 18.8 Å². The second-order valence-electron chi connectivity index (χ2n) is 4.28. The number of hydrogen-bond acceptors (Lipinski definition) is 4. The SMILES string of the molecule is CCn1cc(N)c(C(=O)NN2CCCCC2)n1. The second kappa shape index (κ2) is 5.18. The van der Waals surface area contributed by atoms with Crippen LogP contribution in [-0.4, -0.2) is 33.8 Å². The van der Waals surface area contributed by atoms with Crippen molar-refractivity contribution in [1.82, 2.24) is 20.2 Å². The zero-order chi connectivity index (χ0) is 12.3. The minimum atomic E-state index is -0.211. The summed E-state index contributed by atoms with van der Waals surface area (Å²) in [7, 11) is 0. The van der Waals surface area contributed by atoms with Crippen LogP contribution in [0.15, 0.2) is 6.20 Å². The van der Waals surface area contributed by atoms with Gasteiger partial charge in [0.1, 0.15) is 0 Å². The standard InChI is InChI=1S/C11H19N5O/c1-2-15-8-9(12)10(13-15)11(17)14-16-6-4-3-5-7-16/h8H,2-7,12H2,1H3,(H,14,17). The Morgan fingerprint density at radius 1 is 1.47 bits per heavy atom. The highest BCUT2D eigenvalue weighted by Crippen LogP contribution is 2.10. The van der Waals surface area contributed by atoms with E-state index in [-0.39, 0.29) is 5.91 Å². The van der Waals surface area contributed by atoms with Crippen molar-refractivity contribution in [2.45, 2.75) is 32.7 Å². The van der Waals surface area contributed by atoms with E-state index >= 15 is 0 Å². The molecule has 17 heavy (non-hydrogen) atoms. The number of carbonyl (C=O) groups is 1. The van der Waals surface area contributed by atoms with Crippen molar-refractivity contribution in [2.24, 2.45) is 0 Å². The number of nitrogens with two attached hydrogens (primary N) is 1. The molecule has 0 radical (unpaired) electrons. The van der Waals surface area contributed by atoms with Gasteiger partial charge in [-0.2, -0.15) is 5.10 Å². The van der Waals surface area contributed by atoms with Crippen LogP contribution in [0.5, 0.6) is 0 Å². The molecule has 1 aromatic heterocycles. The Kier molecular flexibility index (Phi) is 3.63. The molecular weight excluding hydrogens is 218 g/mol. The first-order chi connectivity index (χ1) is 8.20. The average Bonchev–Trinajstić information content (AvgIpc) is 2.72.